The first-order valence-corrected chi connectivity index (χ1v) is 16.5. The van der Waals surface area contributed by atoms with Gasteiger partial charge in [-0.2, -0.15) is 0 Å². The van der Waals surface area contributed by atoms with Crippen LogP contribution in [0.4, 0.5) is 0 Å². The highest BCUT2D eigenvalue weighted by atomic mass is 14.7. The Morgan fingerprint density at radius 2 is 1.22 bits per heavy atom. The van der Waals surface area contributed by atoms with Gasteiger partial charge in [-0.3, -0.25) is 9.97 Å². The van der Waals surface area contributed by atoms with Crippen LogP contribution in [0, 0.1) is 0 Å². The smallest absolute Gasteiger partial charge is 0.0970 e. The number of hydrogen-bond acceptors (Lipinski definition) is 3. The van der Waals surface area contributed by atoms with Gasteiger partial charge < -0.3 is 0 Å². The minimum atomic E-state index is 0.915. The number of nitrogens with zero attached hydrogens (tertiary/aromatic N) is 3. The van der Waals surface area contributed by atoms with E-state index < -0.39 is 0 Å². The minimum Gasteiger partial charge on any atom is -0.254 e. The highest BCUT2D eigenvalue weighted by molar-refractivity contribution is 6.22. The van der Waals surface area contributed by atoms with Gasteiger partial charge in [-0.25, -0.2) is 4.98 Å². The molecule has 3 heterocycles. The average molecular weight is 622 g/mol. The number of aromatic nitrogens is 3. The molecule has 1 aliphatic carbocycles. The normalized spacial score (nSPS) is 12.3. The van der Waals surface area contributed by atoms with Gasteiger partial charge in [0.2, 0.25) is 0 Å². The molecule has 0 spiro atoms. The monoisotopic (exact) mass is 621 g/mol. The van der Waals surface area contributed by atoms with E-state index in [9.17, 15) is 0 Å². The average Bonchev–Trinajstić information content (AvgIpc) is 3.43. The molecule has 0 fully saturated rings. The summed E-state index contributed by atoms with van der Waals surface area (Å²) in [5.74, 6) is 0. The van der Waals surface area contributed by atoms with E-state index >= 15 is 0 Å². The third-order valence-corrected chi connectivity index (χ3v) is 9.78. The predicted octanol–water partition coefficient (Wildman–Crippen LogP) is 11.8. The number of benzene rings is 6. The molecule has 0 bridgehead atoms. The third kappa shape index (κ3) is 4.34. The quantitative estimate of drug-likeness (QED) is 0.146. The molecule has 3 aromatic heterocycles. The number of pyridine rings is 3. The molecular formula is C46H27N3. The lowest BCUT2D eigenvalue weighted by Crippen LogP contribution is -1.95. The molecule has 0 atom stereocenters. The van der Waals surface area contributed by atoms with E-state index in [1.807, 2.05) is 30.6 Å². The summed E-state index contributed by atoms with van der Waals surface area (Å²) in [5, 5.41) is 8.23. The lowest BCUT2D eigenvalue weighted by atomic mass is 9.87. The molecule has 0 saturated heterocycles. The number of para-hydroxylation sites is 1. The van der Waals surface area contributed by atoms with Crippen molar-refractivity contribution < 1.29 is 0 Å². The summed E-state index contributed by atoms with van der Waals surface area (Å²) in [5.41, 5.74) is 15.2. The van der Waals surface area contributed by atoms with E-state index in [0.29, 0.717) is 0 Å². The molecule has 0 unspecified atom stereocenters. The number of hydrogen-bond donors (Lipinski definition) is 0. The summed E-state index contributed by atoms with van der Waals surface area (Å²) < 4.78 is 0. The number of allylic oxidation sites excluding steroid dienone is 2. The molecule has 3 heteroatoms. The van der Waals surface area contributed by atoms with Gasteiger partial charge >= 0.3 is 0 Å². The first-order chi connectivity index (χ1) is 24.3. The molecule has 3 nitrogen and oxygen atoms in total. The molecule has 49 heavy (non-hydrogen) atoms. The zero-order valence-corrected chi connectivity index (χ0v) is 26.4. The van der Waals surface area contributed by atoms with Crippen molar-refractivity contribution >= 4 is 66.4 Å². The van der Waals surface area contributed by atoms with Crippen molar-refractivity contribution in [3.8, 4) is 33.5 Å². The fourth-order valence-electron chi connectivity index (χ4n) is 7.54. The second-order valence-electron chi connectivity index (χ2n) is 12.5. The number of fused-ring (bicyclic) bond motifs is 9. The van der Waals surface area contributed by atoms with Crippen LogP contribution in [0.5, 0.6) is 0 Å². The fourth-order valence-corrected chi connectivity index (χ4v) is 7.54. The molecule has 0 aliphatic heterocycles. The van der Waals surface area contributed by atoms with Crippen LogP contribution in [-0.4, -0.2) is 15.0 Å². The zero-order chi connectivity index (χ0) is 32.3. The van der Waals surface area contributed by atoms with Crippen molar-refractivity contribution in [3.63, 3.8) is 0 Å². The molecule has 0 amide bonds. The van der Waals surface area contributed by atoms with Gasteiger partial charge in [0, 0.05) is 44.9 Å². The molecule has 0 N–H and O–H groups in total. The van der Waals surface area contributed by atoms with Crippen LogP contribution in [0.15, 0.2) is 158 Å². The molecule has 6 aromatic carbocycles. The molecule has 10 rings (SSSR count). The third-order valence-electron chi connectivity index (χ3n) is 9.78. The van der Waals surface area contributed by atoms with Crippen LogP contribution in [0.2, 0.25) is 0 Å². The van der Waals surface area contributed by atoms with Gasteiger partial charge in [0.05, 0.1) is 22.2 Å². The summed E-state index contributed by atoms with van der Waals surface area (Å²) >= 11 is 0. The first-order valence-electron chi connectivity index (χ1n) is 16.5. The Morgan fingerprint density at radius 3 is 2.14 bits per heavy atom. The van der Waals surface area contributed by atoms with Crippen molar-refractivity contribution in [1.82, 2.24) is 15.0 Å². The molecule has 0 saturated carbocycles. The van der Waals surface area contributed by atoms with Gasteiger partial charge in [0.1, 0.15) is 0 Å². The Labute approximate surface area is 282 Å². The van der Waals surface area contributed by atoms with Crippen molar-refractivity contribution in [2.75, 3.05) is 0 Å². The maximum absolute atomic E-state index is 5.22. The Bertz CT molecular complexity index is 2890. The van der Waals surface area contributed by atoms with Crippen molar-refractivity contribution in [3.05, 3.63) is 169 Å². The molecule has 226 valence electrons. The summed E-state index contributed by atoms with van der Waals surface area (Å²) in [6.07, 6.45) is 12.0. The van der Waals surface area contributed by atoms with Crippen LogP contribution < -0.4 is 0 Å². The predicted molar refractivity (Wildman–Crippen MR) is 205 cm³/mol. The standard InChI is InChI=1S/C46H27N3/c1-2-13-35-33(24-25-37(36(35)14-3-1)41-28-32-11-8-26-47-45(32)46-38(41)16-9-27-48-46)30-18-20-31(21-19-30)44-40-23-22-29-10-4-5-12-34(29)43(40)39-15-6-7-17-42(39)49-44/h1,3-28H. The maximum Gasteiger partial charge on any atom is 0.0970 e. The van der Waals surface area contributed by atoms with Gasteiger partial charge in [0.25, 0.3) is 0 Å². The SMILES string of the molecule is C1=CC=Cc2c(-c3cc4cccnc4c4ncccc34)ccc(-c3ccc(-c4nc5ccccc5c5c4ccc4ccccc45)cc3)c2C=1. The van der Waals surface area contributed by atoms with E-state index in [1.54, 1.807) is 0 Å². The maximum atomic E-state index is 5.22. The van der Waals surface area contributed by atoms with Crippen molar-refractivity contribution in [2.24, 2.45) is 0 Å². The largest absolute Gasteiger partial charge is 0.254 e. The van der Waals surface area contributed by atoms with Crippen molar-refractivity contribution in [1.29, 1.82) is 0 Å². The molecule has 9 aromatic rings. The van der Waals surface area contributed by atoms with Gasteiger partial charge in [-0.1, -0.05) is 115 Å². The second-order valence-corrected chi connectivity index (χ2v) is 12.5. The van der Waals surface area contributed by atoms with E-state index in [1.165, 1.54) is 21.5 Å². The summed E-state index contributed by atoms with van der Waals surface area (Å²) in [4.78, 5) is 14.7. The van der Waals surface area contributed by atoms with Gasteiger partial charge in [0.15, 0.2) is 0 Å². The van der Waals surface area contributed by atoms with E-state index in [0.717, 1.165) is 77.3 Å². The molecular weight excluding hydrogens is 595 g/mol. The highest BCUT2D eigenvalue weighted by Gasteiger charge is 2.18. The lowest BCUT2D eigenvalue weighted by Gasteiger charge is -2.17. The lowest BCUT2D eigenvalue weighted by molar-refractivity contribution is 1.37. The van der Waals surface area contributed by atoms with Crippen LogP contribution in [0.1, 0.15) is 11.1 Å². The molecule has 0 radical (unpaired) electrons. The molecule has 1 aliphatic rings. The Balaban J connectivity index is 1.14. The van der Waals surface area contributed by atoms with Gasteiger partial charge in [-0.15, -0.1) is 5.73 Å². The van der Waals surface area contributed by atoms with E-state index in [-0.39, 0.29) is 0 Å². The second kappa shape index (κ2) is 11.0. The van der Waals surface area contributed by atoms with E-state index in [4.69, 9.17) is 9.97 Å². The fraction of sp³-hybridized carbons (Fsp3) is 0. The minimum absolute atomic E-state index is 0.915. The summed E-state index contributed by atoms with van der Waals surface area (Å²) in [6, 6.07) is 45.4. The van der Waals surface area contributed by atoms with Crippen LogP contribution >= 0.6 is 0 Å². The first kappa shape index (κ1) is 27.4. The Hall–Kier alpha value is -6.67. The zero-order valence-electron chi connectivity index (χ0n) is 26.4. The van der Waals surface area contributed by atoms with Crippen molar-refractivity contribution in [2.45, 2.75) is 0 Å². The van der Waals surface area contributed by atoms with Crippen LogP contribution in [0.25, 0.3) is 99.9 Å². The summed E-state index contributed by atoms with van der Waals surface area (Å²) in [7, 11) is 0. The van der Waals surface area contributed by atoms with Crippen LogP contribution in [-0.2, 0) is 0 Å². The Morgan fingerprint density at radius 1 is 0.490 bits per heavy atom. The van der Waals surface area contributed by atoms with Gasteiger partial charge in [-0.05, 0) is 80.6 Å². The van der Waals surface area contributed by atoms with Crippen LogP contribution in [0.3, 0.4) is 0 Å². The van der Waals surface area contributed by atoms with E-state index in [2.05, 4.69) is 144 Å². The highest BCUT2D eigenvalue weighted by Crippen LogP contribution is 2.41. The Kier molecular flexibility index (Phi) is 6.14. The summed E-state index contributed by atoms with van der Waals surface area (Å²) in [6.45, 7) is 0. The number of rotatable bonds is 3. The topological polar surface area (TPSA) is 38.7 Å².